The highest BCUT2D eigenvalue weighted by molar-refractivity contribution is 6.31. The number of aromatic nitrogens is 2. The molecule has 1 fully saturated rings. The molecule has 0 saturated carbocycles. The van der Waals surface area contributed by atoms with Crippen LogP contribution in [0.15, 0.2) is 60.8 Å². The predicted octanol–water partition coefficient (Wildman–Crippen LogP) is 3.19. The molecule has 1 saturated heterocycles. The van der Waals surface area contributed by atoms with Gasteiger partial charge < -0.3 is 10.1 Å². The molecule has 2 aromatic heterocycles. The number of benzene rings is 1. The molecule has 0 bridgehead atoms. The fourth-order valence-electron chi connectivity index (χ4n) is 3.47. The third kappa shape index (κ3) is 4.85. The van der Waals surface area contributed by atoms with Gasteiger partial charge in [-0.05, 0) is 23.8 Å². The van der Waals surface area contributed by atoms with E-state index in [9.17, 15) is 4.79 Å². The summed E-state index contributed by atoms with van der Waals surface area (Å²) in [5.41, 5.74) is 2.50. The van der Waals surface area contributed by atoms with Gasteiger partial charge in [-0.25, -0.2) is 4.98 Å². The molecule has 1 amide bonds. The Labute approximate surface area is 174 Å². The van der Waals surface area contributed by atoms with Gasteiger partial charge in [0, 0.05) is 31.9 Å². The molecule has 150 valence electrons. The molecule has 0 radical (unpaired) electrons. The molecule has 7 heteroatoms. The van der Waals surface area contributed by atoms with Gasteiger partial charge in [-0.2, -0.15) is 0 Å². The largest absolute Gasteiger partial charge is 0.379 e. The van der Waals surface area contributed by atoms with Gasteiger partial charge in [0.25, 0.3) is 0 Å². The minimum Gasteiger partial charge on any atom is -0.379 e. The van der Waals surface area contributed by atoms with Crippen molar-refractivity contribution >= 4 is 29.2 Å². The first-order chi connectivity index (χ1) is 14.2. The predicted molar refractivity (Wildman–Crippen MR) is 114 cm³/mol. The first-order valence-electron chi connectivity index (χ1n) is 9.67. The molecule has 1 atom stereocenters. The summed E-state index contributed by atoms with van der Waals surface area (Å²) < 4.78 is 7.29. The number of imidazole rings is 1. The third-order valence-electron chi connectivity index (χ3n) is 4.98. The number of pyridine rings is 1. The summed E-state index contributed by atoms with van der Waals surface area (Å²) in [6.45, 7) is 3.92. The van der Waals surface area contributed by atoms with Crippen molar-refractivity contribution in [3.05, 3.63) is 77.2 Å². The van der Waals surface area contributed by atoms with E-state index >= 15 is 0 Å². The smallest absolute Gasteiger partial charge is 0.244 e. The Hall–Kier alpha value is -2.67. The zero-order valence-corrected chi connectivity index (χ0v) is 16.8. The Morgan fingerprint density at radius 2 is 1.93 bits per heavy atom. The van der Waals surface area contributed by atoms with Crippen LogP contribution in [0.1, 0.15) is 17.3 Å². The second kappa shape index (κ2) is 9.22. The van der Waals surface area contributed by atoms with E-state index in [0.717, 1.165) is 44.1 Å². The van der Waals surface area contributed by atoms with Crippen LogP contribution in [-0.4, -0.2) is 53.0 Å². The van der Waals surface area contributed by atoms with Gasteiger partial charge in [-0.15, -0.1) is 0 Å². The number of nitrogens with zero attached hydrogens (tertiary/aromatic N) is 3. The van der Waals surface area contributed by atoms with E-state index in [1.807, 2.05) is 59.1 Å². The Bertz CT molecular complexity index is 996. The molecule has 1 aliphatic rings. The van der Waals surface area contributed by atoms with Crippen LogP contribution in [0.2, 0.25) is 5.15 Å². The first-order valence-corrected chi connectivity index (χ1v) is 10.0. The summed E-state index contributed by atoms with van der Waals surface area (Å²) in [4.78, 5) is 19.3. The molecule has 6 nitrogen and oxygen atoms in total. The van der Waals surface area contributed by atoms with E-state index in [4.69, 9.17) is 16.3 Å². The number of rotatable bonds is 6. The normalized spacial score (nSPS) is 16.3. The van der Waals surface area contributed by atoms with Crippen molar-refractivity contribution in [3.63, 3.8) is 0 Å². The van der Waals surface area contributed by atoms with Crippen LogP contribution in [0.4, 0.5) is 0 Å². The number of hydrogen-bond acceptors (Lipinski definition) is 4. The maximum absolute atomic E-state index is 12.7. The summed E-state index contributed by atoms with van der Waals surface area (Å²) in [6.07, 6.45) is 5.09. The quantitative estimate of drug-likeness (QED) is 0.634. The Balaban J connectivity index is 1.49. The summed E-state index contributed by atoms with van der Waals surface area (Å²) in [5, 5.41) is 3.50. The molecule has 0 aliphatic carbocycles. The number of carbonyl (C=O) groups excluding carboxylic acids is 1. The second-order valence-electron chi connectivity index (χ2n) is 6.93. The topological polar surface area (TPSA) is 58.9 Å². The minimum atomic E-state index is -0.172. The molecule has 29 heavy (non-hydrogen) atoms. The van der Waals surface area contributed by atoms with Crippen molar-refractivity contribution in [2.45, 2.75) is 6.04 Å². The molecule has 1 aromatic carbocycles. The van der Waals surface area contributed by atoms with Crippen molar-refractivity contribution in [1.82, 2.24) is 19.6 Å². The highest BCUT2D eigenvalue weighted by Gasteiger charge is 2.19. The number of ether oxygens (including phenoxy) is 1. The Morgan fingerprint density at radius 3 is 2.72 bits per heavy atom. The third-order valence-corrected chi connectivity index (χ3v) is 5.26. The van der Waals surface area contributed by atoms with Crippen molar-refractivity contribution in [1.29, 1.82) is 0 Å². The van der Waals surface area contributed by atoms with Gasteiger partial charge >= 0.3 is 0 Å². The number of hydrogen-bond donors (Lipinski definition) is 1. The number of nitrogens with one attached hydrogen (secondary N) is 1. The van der Waals surface area contributed by atoms with Gasteiger partial charge in [0.2, 0.25) is 5.91 Å². The number of morpholine rings is 1. The SMILES string of the molecule is O=C(/C=C/c1c(Cl)nc2ccccn12)N[C@H](CN1CCOCC1)c1ccccc1. The van der Waals surface area contributed by atoms with Crippen LogP contribution in [-0.2, 0) is 9.53 Å². The van der Waals surface area contributed by atoms with Crippen molar-refractivity contribution < 1.29 is 9.53 Å². The van der Waals surface area contributed by atoms with Gasteiger partial charge in [-0.1, -0.05) is 48.0 Å². The molecule has 0 spiro atoms. The zero-order valence-electron chi connectivity index (χ0n) is 16.0. The van der Waals surface area contributed by atoms with Crippen molar-refractivity contribution in [2.75, 3.05) is 32.8 Å². The molecule has 1 N–H and O–H groups in total. The van der Waals surface area contributed by atoms with Gasteiger partial charge in [-0.3, -0.25) is 14.1 Å². The monoisotopic (exact) mass is 410 g/mol. The Kier molecular flexibility index (Phi) is 6.24. The second-order valence-corrected chi connectivity index (χ2v) is 7.29. The average molecular weight is 411 g/mol. The van der Waals surface area contributed by atoms with E-state index in [1.54, 1.807) is 6.08 Å². The van der Waals surface area contributed by atoms with Crippen LogP contribution in [0, 0.1) is 0 Å². The summed E-state index contributed by atoms with van der Waals surface area (Å²) >= 11 is 6.25. The van der Waals surface area contributed by atoms with E-state index < -0.39 is 0 Å². The van der Waals surface area contributed by atoms with E-state index in [1.165, 1.54) is 6.08 Å². The number of amides is 1. The molecular weight excluding hydrogens is 388 g/mol. The van der Waals surface area contributed by atoms with E-state index in [0.29, 0.717) is 10.8 Å². The average Bonchev–Trinajstić information content (AvgIpc) is 3.08. The number of halogens is 1. The fourth-order valence-corrected chi connectivity index (χ4v) is 3.71. The fraction of sp³-hybridized carbons (Fsp3) is 0.273. The lowest BCUT2D eigenvalue weighted by atomic mass is 10.1. The number of carbonyl (C=O) groups is 1. The molecule has 4 rings (SSSR count). The first kappa shape index (κ1) is 19.6. The van der Waals surface area contributed by atoms with Crippen LogP contribution in [0.25, 0.3) is 11.7 Å². The summed E-state index contributed by atoms with van der Waals surface area (Å²) in [6, 6.07) is 15.6. The maximum Gasteiger partial charge on any atom is 0.244 e. The van der Waals surface area contributed by atoms with E-state index in [-0.39, 0.29) is 11.9 Å². The van der Waals surface area contributed by atoms with Crippen molar-refractivity contribution in [2.24, 2.45) is 0 Å². The lowest BCUT2D eigenvalue weighted by molar-refractivity contribution is -0.117. The van der Waals surface area contributed by atoms with Crippen molar-refractivity contribution in [3.8, 4) is 0 Å². The molecular formula is C22H23ClN4O2. The summed E-state index contributed by atoms with van der Waals surface area (Å²) in [7, 11) is 0. The standard InChI is InChI=1S/C22H23ClN4O2/c23-22-19(27-11-5-4-8-20(27)25-22)9-10-21(28)24-18(17-6-2-1-3-7-17)16-26-12-14-29-15-13-26/h1-11,18H,12-16H2,(H,24,28)/b10-9+/t18-/m1/s1. The lowest BCUT2D eigenvalue weighted by Crippen LogP contribution is -2.42. The maximum atomic E-state index is 12.7. The highest BCUT2D eigenvalue weighted by atomic mass is 35.5. The van der Waals surface area contributed by atoms with Crippen LogP contribution >= 0.6 is 11.6 Å². The Morgan fingerprint density at radius 1 is 1.17 bits per heavy atom. The highest BCUT2D eigenvalue weighted by Crippen LogP contribution is 2.19. The van der Waals surface area contributed by atoms with Crippen LogP contribution < -0.4 is 5.32 Å². The van der Waals surface area contributed by atoms with Crippen LogP contribution in [0.5, 0.6) is 0 Å². The molecule has 1 aliphatic heterocycles. The number of fused-ring (bicyclic) bond motifs is 1. The van der Waals surface area contributed by atoms with E-state index in [2.05, 4.69) is 15.2 Å². The molecule has 3 heterocycles. The molecule has 3 aromatic rings. The summed E-state index contributed by atoms with van der Waals surface area (Å²) in [5.74, 6) is -0.172. The molecule has 0 unspecified atom stereocenters. The zero-order chi connectivity index (χ0) is 20.1. The van der Waals surface area contributed by atoms with Gasteiger partial charge in [0.05, 0.1) is 24.9 Å². The lowest BCUT2D eigenvalue weighted by Gasteiger charge is -2.31. The van der Waals surface area contributed by atoms with Crippen LogP contribution in [0.3, 0.4) is 0 Å². The minimum absolute atomic E-state index is 0.107. The van der Waals surface area contributed by atoms with Gasteiger partial charge in [0.1, 0.15) is 5.65 Å². The van der Waals surface area contributed by atoms with Gasteiger partial charge in [0.15, 0.2) is 5.15 Å².